The van der Waals surface area contributed by atoms with E-state index in [0.29, 0.717) is 6.04 Å². The Hall–Kier alpha value is -1.67. The first-order valence-electron chi connectivity index (χ1n) is 9.47. The van der Waals surface area contributed by atoms with Gasteiger partial charge in [-0.05, 0) is 80.5 Å². The fourth-order valence-corrected chi connectivity index (χ4v) is 4.40. The third kappa shape index (κ3) is 3.13. The van der Waals surface area contributed by atoms with Gasteiger partial charge in [-0.3, -0.25) is 0 Å². The molecule has 2 aromatic carbocycles. The molecule has 2 nitrogen and oxygen atoms in total. The maximum absolute atomic E-state index is 6.13. The van der Waals surface area contributed by atoms with Crippen molar-refractivity contribution in [2.24, 2.45) is 0 Å². The van der Waals surface area contributed by atoms with Crippen molar-refractivity contribution in [2.45, 2.75) is 53.5 Å². The Morgan fingerprint density at radius 2 is 1.76 bits per heavy atom. The molecule has 0 radical (unpaired) electrons. The van der Waals surface area contributed by atoms with Gasteiger partial charge in [0.05, 0.1) is 11.4 Å². The highest BCUT2D eigenvalue weighted by Crippen LogP contribution is 2.47. The van der Waals surface area contributed by atoms with E-state index in [0.717, 1.165) is 31.0 Å². The molecule has 3 heteroatoms. The minimum absolute atomic E-state index is 0.474. The van der Waals surface area contributed by atoms with Crippen LogP contribution in [0.3, 0.4) is 0 Å². The van der Waals surface area contributed by atoms with Gasteiger partial charge in [0.2, 0.25) is 0 Å². The van der Waals surface area contributed by atoms with Gasteiger partial charge >= 0.3 is 0 Å². The molecule has 1 aliphatic heterocycles. The lowest BCUT2D eigenvalue weighted by molar-refractivity contribution is 0.838. The Morgan fingerprint density at radius 1 is 1.12 bits per heavy atom. The zero-order chi connectivity index (χ0) is 18.1. The molecule has 1 unspecified atom stereocenters. The lowest BCUT2D eigenvalue weighted by Gasteiger charge is -2.29. The quantitative estimate of drug-likeness (QED) is 0.698. The van der Waals surface area contributed by atoms with Crippen LogP contribution in [0.2, 0.25) is 5.02 Å². The lowest BCUT2D eigenvalue weighted by Crippen LogP contribution is -2.25. The largest absolute Gasteiger partial charge is 0.380 e. The van der Waals surface area contributed by atoms with Crippen LogP contribution in [-0.4, -0.2) is 19.1 Å². The maximum atomic E-state index is 6.13. The SMILES string of the molecule is CCc1c(C)c(N(CC)CC)c2c(c1-c1ccc(Cl)cc1)CC(C)N2. The van der Waals surface area contributed by atoms with E-state index in [2.05, 4.69) is 57.0 Å². The van der Waals surface area contributed by atoms with Crippen LogP contribution >= 0.6 is 11.6 Å². The summed E-state index contributed by atoms with van der Waals surface area (Å²) in [5.74, 6) is 0. The van der Waals surface area contributed by atoms with Crippen molar-refractivity contribution in [3.05, 3.63) is 46.0 Å². The van der Waals surface area contributed by atoms with Gasteiger partial charge in [0.25, 0.3) is 0 Å². The lowest BCUT2D eigenvalue weighted by atomic mass is 9.86. The molecule has 25 heavy (non-hydrogen) atoms. The monoisotopic (exact) mass is 356 g/mol. The van der Waals surface area contributed by atoms with Crippen molar-refractivity contribution >= 4 is 23.0 Å². The van der Waals surface area contributed by atoms with Crippen molar-refractivity contribution in [3.8, 4) is 11.1 Å². The van der Waals surface area contributed by atoms with E-state index in [1.807, 2.05) is 12.1 Å². The minimum atomic E-state index is 0.474. The second-order valence-corrected chi connectivity index (χ2v) is 7.40. The summed E-state index contributed by atoms with van der Waals surface area (Å²) >= 11 is 6.13. The number of halogens is 1. The number of nitrogens with one attached hydrogen (secondary N) is 1. The number of anilines is 2. The van der Waals surface area contributed by atoms with Gasteiger partial charge in [-0.25, -0.2) is 0 Å². The average Bonchev–Trinajstić information content (AvgIpc) is 2.98. The van der Waals surface area contributed by atoms with Gasteiger partial charge in [-0.2, -0.15) is 0 Å². The molecule has 1 aliphatic rings. The second-order valence-electron chi connectivity index (χ2n) is 6.96. The molecule has 0 saturated carbocycles. The van der Waals surface area contributed by atoms with Crippen LogP contribution in [-0.2, 0) is 12.8 Å². The van der Waals surface area contributed by atoms with Crippen LogP contribution in [0.1, 0.15) is 44.4 Å². The Bertz CT molecular complexity index is 761. The Morgan fingerprint density at radius 3 is 2.32 bits per heavy atom. The van der Waals surface area contributed by atoms with E-state index < -0.39 is 0 Å². The number of hydrogen-bond donors (Lipinski definition) is 1. The van der Waals surface area contributed by atoms with Gasteiger partial charge in [0.15, 0.2) is 0 Å². The van der Waals surface area contributed by atoms with Crippen LogP contribution in [0, 0.1) is 6.92 Å². The molecule has 1 N–H and O–H groups in total. The number of nitrogens with zero attached hydrogens (tertiary/aromatic N) is 1. The Labute approximate surface area is 157 Å². The van der Waals surface area contributed by atoms with Crippen molar-refractivity contribution in [1.29, 1.82) is 0 Å². The number of fused-ring (bicyclic) bond motifs is 1. The van der Waals surface area contributed by atoms with Gasteiger partial charge in [0, 0.05) is 24.2 Å². The summed E-state index contributed by atoms with van der Waals surface area (Å²) < 4.78 is 0. The third-order valence-electron chi connectivity index (χ3n) is 5.42. The van der Waals surface area contributed by atoms with Gasteiger partial charge in [-0.15, -0.1) is 0 Å². The average molecular weight is 357 g/mol. The van der Waals surface area contributed by atoms with E-state index in [-0.39, 0.29) is 0 Å². The molecule has 1 heterocycles. The molecule has 0 saturated heterocycles. The van der Waals surface area contributed by atoms with Crippen LogP contribution in [0.5, 0.6) is 0 Å². The van der Waals surface area contributed by atoms with Crippen LogP contribution in [0.4, 0.5) is 11.4 Å². The predicted octanol–water partition coefficient (Wildman–Crippen LogP) is 6.08. The molecule has 0 aliphatic carbocycles. The Balaban J connectivity index is 2.32. The molecule has 0 amide bonds. The highest BCUT2D eigenvalue weighted by molar-refractivity contribution is 6.30. The minimum Gasteiger partial charge on any atom is -0.380 e. The molecule has 0 spiro atoms. The first-order chi connectivity index (χ1) is 12.0. The summed E-state index contributed by atoms with van der Waals surface area (Å²) in [6.07, 6.45) is 2.12. The maximum Gasteiger partial charge on any atom is 0.0637 e. The molecule has 0 aromatic heterocycles. The summed E-state index contributed by atoms with van der Waals surface area (Å²) in [5, 5.41) is 4.55. The normalized spacial score (nSPS) is 15.8. The smallest absolute Gasteiger partial charge is 0.0637 e. The summed E-state index contributed by atoms with van der Waals surface area (Å²) in [5.41, 5.74) is 9.80. The van der Waals surface area contributed by atoms with E-state index in [1.54, 1.807) is 0 Å². The highest BCUT2D eigenvalue weighted by atomic mass is 35.5. The molecule has 2 aromatic rings. The van der Waals surface area contributed by atoms with Crippen molar-refractivity contribution < 1.29 is 0 Å². The molecule has 0 fully saturated rings. The summed E-state index contributed by atoms with van der Waals surface area (Å²) in [6, 6.07) is 8.80. The number of rotatable bonds is 5. The molecule has 134 valence electrons. The molecule has 0 bridgehead atoms. The van der Waals surface area contributed by atoms with E-state index >= 15 is 0 Å². The fraction of sp³-hybridized carbons (Fsp3) is 0.455. The van der Waals surface area contributed by atoms with Crippen LogP contribution < -0.4 is 10.2 Å². The molecule has 1 atom stereocenters. The second kappa shape index (κ2) is 7.29. The molecular formula is C22H29ClN2. The zero-order valence-electron chi connectivity index (χ0n) is 16.0. The topological polar surface area (TPSA) is 15.3 Å². The third-order valence-corrected chi connectivity index (χ3v) is 5.67. The van der Waals surface area contributed by atoms with Crippen molar-refractivity contribution in [3.63, 3.8) is 0 Å². The highest BCUT2D eigenvalue weighted by Gasteiger charge is 2.29. The first-order valence-corrected chi connectivity index (χ1v) is 9.85. The van der Waals surface area contributed by atoms with Crippen LogP contribution in [0.25, 0.3) is 11.1 Å². The van der Waals surface area contributed by atoms with E-state index in [1.165, 1.54) is 39.2 Å². The fourth-order valence-electron chi connectivity index (χ4n) is 4.27. The standard InChI is InChI=1S/C22H29ClN2/c1-6-18-15(5)22(25(7-2)8-3)21-19(13-14(4)24-21)20(18)16-9-11-17(23)12-10-16/h9-12,14,24H,6-8,13H2,1-5H3. The van der Waals surface area contributed by atoms with Crippen molar-refractivity contribution in [2.75, 3.05) is 23.3 Å². The van der Waals surface area contributed by atoms with Crippen molar-refractivity contribution in [1.82, 2.24) is 0 Å². The summed E-state index contributed by atoms with van der Waals surface area (Å²) in [7, 11) is 0. The molecule has 3 rings (SSSR count). The summed E-state index contributed by atoms with van der Waals surface area (Å²) in [4.78, 5) is 2.49. The van der Waals surface area contributed by atoms with Crippen LogP contribution in [0.15, 0.2) is 24.3 Å². The predicted molar refractivity (Wildman–Crippen MR) is 111 cm³/mol. The van der Waals surface area contributed by atoms with Gasteiger partial charge in [0.1, 0.15) is 0 Å². The first kappa shape index (κ1) is 18.1. The van der Waals surface area contributed by atoms with Gasteiger partial charge in [-0.1, -0.05) is 30.7 Å². The number of benzene rings is 2. The van der Waals surface area contributed by atoms with E-state index in [9.17, 15) is 0 Å². The Kier molecular flexibility index (Phi) is 5.29. The number of hydrogen-bond acceptors (Lipinski definition) is 2. The molecular weight excluding hydrogens is 328 g/mol. The van der Waals surface area contributed by atoms with Gasteiger partial charge < -0.3 is 10.2 Å². The zero-order valence-corrected chi connectivity index (χ0v) is 16.8. The summed E-state index contributed by atoms with van der Waals surface area (Å²) in [6.45, 7) is 13.4. The van der Waals surface area contributed by atoms with E-state index in [4.69, 9.17) is 11.6 Å².